The molecule has 1 aromatic heterocycles. The number of aryl methyl sites for hydroxylation is 1. The van der Waals surface area contributed by atoms with Crippen LogP contribution in [0, 0.1) is 12.8 Å². The standard InChI is InChI=1S/C14H20F2N2O2S.ClH/c1-8-7-11(20-14(15)16)12(21-8)13(19)18-5-3-10(4-6-18)9(2)17;/h7,9-10,14H,3-6,17H2,1-2H3;1H. The molecule has 8 heteroatoms. The highest BCUT2D eigenvalue weighted by Crippen LogP contribution is 2.32. The molecule has 0 radical (unpaired) electrons. The van der Waals surface area contributed by atoms with Crippen LogP contribution in [-0.2, 0) is 0 Å². The number of amides is 1. The number of alkyl halides is 2. The van der Waals surface area contributed by atoms with Crippen LogP contribution >= 0.6 is 23.7 Å². The fourth-order valence-electron chi connectivity index (χ4n) is 2.60. The largest absolute Gasteiger partial charge is 0.433 e. The molecular formula is C14H21ClF2N2O2S. The third-order valence-electron chi connectivity index (χ3n) is 3.80. The van der Waals surface area contributed by atoms with Crippen LogP contribution in [0.1, 0.15) is 34.3 Å². The lowest BCUT2D eigenvalue weighted by molar-refractivity contribution is -0.0499. The number of halogens is 3. The van der Waals surface area contributed by atoms with Crippen molar-refractivity contribution in [2.45, 2.75) is 39.3 Å². The van der Waals surface area contributed by atoms with E-state index in [4.69, 9.17) is 5.73 Å². The Kier molecular flexibility index (Phi) is 7.02. The number of nitrogens with zero attached hydrogens (tertiary/aromatic N) is 1. The van der Waals surface area contributed by atoms with Crippen molar-refractivity contribution in [2.24, 2.45) is 11.7 Å². The summed E-state index contributed by atoms with van der Waals surface area (Å²) in [6, 6.07) is 1.60. The number of nitrogens with two attached hydrogens (primary N) is 1. The van der Waals surface area contributed by atoms with Gasteiger partial charge in [-0.25, -0.2) is 0 Å². The van der Waals surface area contributed by atoms with Crippen LogP contribution in [0.25, 0.3) is 0 Å². The lowest BCUT2D eigenvalue weighted by Gasteiger charge is -2.33. The highest BCUT2D eigenvalue weighted by Gasteiger charge is 2.28. The van der Waals surface area contributed by atoms with Crippen molar-refractivity contribution in [3.05, 3.63) is 15.8 Å². The summed E-state index contributed by atoms with van der Waals surface area (Å²) in [6.07, 6.45) is 1.69. The quantitative estimate of drug-likeness (QED) is 0.902. The number of rotatable bonds is 4. The van der Waals surface area contributed by atoms with Crippen molar-refractivity contribution in [1.29, 1.82) is 0 Å². The SMILES string of the molecule is Cc1cc(OC(F)F)c(C(=O)N2CCC(C(C)N)CC2)s1.Cl. The molecular weight excluding hydrogens is 334 g/mol. The first kappa shape index (κ1) is 19.1. The first-order valence-corrected chi connectivity index (χ1v) is 7.80. The van der Waals surface area contributed by atoms with Crippen molar-refractivity contribution in [3.8, 4) is 5.75 Å². The molecule has 1 amide bonds. The van der Waals surface area contributed by atoms with Crippen LogP contribution in [0.15, 0.2) is 6.07 Å². The average molecular weight is 355 g/mol. The summed E-state index contributed by atoms with van der Waals surface area (Å²) in [6.45, 7) is 2.03. The Balaban J connectivity index is 0.00000242. The van der Waals surface area contributed by atoms with Gasteiger partial charge in [0.2, 0.25) is 0 Å². The number of likely N-dealkylation sites (tertiary alicyclic amines) is 1. The first-order chi connectivity index (χ1) is 9.88. The third kappa shape index (κ3) is 4.54. The molecule has 2 rings (SSSR count). The van der Waals surface area contributed by atoms with E-state index in [1.165, 1.54) is 17.4 Å². The fraction of sp³-hybridized carbons (Fsp3) is 0.643. The monoisotopic (exact) mass is 354 g/mol. The Hall–Kier alpha value is -0.920. The summed E-state index contributed by atoms with van der Waals surface area (Å²) in [4.78, 5) is 15.2. The number of hydrogen-bond acceptors (Lipinski definition) is 4. The van der Waals surface area contributed by atoms with Gasteiger partial charge in [0.1, 0.15) is 10.6 Å². The van der Waals surface area contributed by atoms with E-state index < -0.39 is 6.61 Å². The van der Waals surface area contributed by atoms with Crippen molar-refractivity contribution in [2.75, 3.05) is 13.1 Å². The molecule has 22 heavy (non-hydrogen) atoms. The molecule has 2 heterocycles. The van der Waals surface area contributed by atoms with Gasteiger partial charge in [-0.2, -0.15) is 8.78 Å². The molecule has 1 aliphatic heterocycles. The maximum atomic E-state index is 12.5. The molecule has 0 saturated carbocycles. The minimum atomic E-state index is -2.92. The van der Waals surface area contributed by atoms with Crippen LogP contribution in [0.3, 0.4) is 0 Å². The van der Waals surface area contributed by atoms with Crippen molar-refractivity contribution in [3.63, 3.8) is 0 Å². The van der Waals surface area contributed by atoms with Crippen molar-refractivity contribution in [1.82, 2.24) is 4.90 Å². The van der Waals surface area contributed by atoms with Gasteiger partial charge in [-0.15, -0.1) is 23.7 Å². The number of hydrogen-bond donors (Lipinski definition) is 1. The van der Waals surface area contributed by atoms with Crippen LogP contribution < -0.4 is 10.5 Å². The molecule has 1 unspecified atom stereocenters. The second-order valence-corrected chi connectivity index (χ2v) is 6.67. The fourth-order valence-corrected chi connectivity index (χ4v) is 3.51. The summed E-state index contributed by atoms with van der Waals surface area (Å²) < 4.78 is 29.2. The van der Waals surface area contributed by atoms with Gasteiger partial charge in [0.15, 0.2) is 0 Å². The van der Waals surface area contributed by atoms with Gasteiger partial charge in [-0.3, -0.25) is 4.79 Å². The highest BCUT2D eigenvalue weighted by molar-refractivity contribution is 7.14. The number of thiophene rings is 1. The molecule has 126 valence electrons. The van der Waals surface area contributed by atoms with E-state index >= 15 is 0 Å². The van der Waals surface area contributed by atoms with Crippen LogP contribution in [0.4, 0.5) is 8.78 Å². The molecule has 1 fully saturated rings. The number of carbonyl (C=O) groups excluding carboxylic acids is 1. The van der Waals surface area contributed by atoms with E-state index in [1.807, 2.05) is 6.92 Å². The van der Waals surface area contributed by atoms with Gasteiger partial charge in [0, 0.05) is 24.0 Å². The smallest absolute Gasteiger partial charge is 0.387 e. The van der Waals surface area contributed by atoms with Crippen LogP contribution in [0.5, 0.6) is 5.75 Å². The molecule has 0 aromatic carbocycles. The van der Waals surface area contributed by atoms with Gasteiger partial charge >= 0.3 is 6.61 Å². The normalized spacial score (nSPS) is 17.3. The Labute approximate surface area is 139 Å². The first-order valence-electron chi connectivity index (χ1n) is 6.98. The van der Waals surface area contributed by atoms with Crippen LogP contribution in [0.2, 0.25) is 0 Å². The third-order valence-corrected chi connectivity index (χ3v) is 4.82. The number of carbonyl (C=O) groups is 1. The van der Waals surface area contributed by atoms with Crippen molar-refractivity contribution < 1.29 is 18.3 Å². The minimum absolute atomic E-state index is 0. The lowest BCUT2D eigenvalue weighted by atomic mass is 9.91. The molecule has 0 spiro atoms. The maximum Gasteiger partial charge on any atom is 0.387 e. The molecule has 0 aliphatic carbocycles. The Morgan fingerprint density at radius 1 is 1.45 bits per heavy atom. The predicted octanol–water partition coefficient (Wildman–Crippen LogP) is 3.28. The van der Waals surface area contributed by atoms with Gasteiger partial charge in [-0.05, 0) is 38.7 Å². The van der Waals surface area contributed by atoms with Gasteiger partial charge in [-0.1, -0.05) is 0 Å². The van der Waals surface area contributed by atoms with Gasteiger partial charge in [0.05, 0.1) is 0 Å². The number of piperidine rings is 1. The molecule has 0 bridgehead atoms. The highest BCUT2D eigenvalue weighted by atomic mass is 35.5. The second kappa shape index (κ2) is 8.08. The Morgan fingerprint density at radius 3 is 2.55 bits per heavy atom. The zero-order valence-electron chi connectivity index (χ0n) is 12.6. The van der Waals surface area contributed by atoms with Gasteiger partial charge in [0.25, 0.3) is 5.91 Å². The Bertz CT molecular complexity index is 503. The second-order valence-electron chi connectivity index (χ2n) is 5.42. The molecule has 1 atom stereocenters. The molecule has 1 aliphatic rings. The van der Waals surface area contributed by atoms with Crippen molar-refractivity contribution >= 4 is 29.7 Å². The lowest BCUT2D eigenvalue weighted by Crippen LogP contribution is -2.42. The summed E-state index contributed by atoms with van der Waals surface area (Å²) in [7, 11) is 0. The summed E-state index contributed by atoms with van der Waals surface area (Å²) >= 11 is 1.19. The predicted molar refractivity (Wildman–Crippen MR) is 85.2 cm³/mol. The Morgan fingerprint density at radius 2 is 2.05 bits per heavy atom. The topological polar surface area (TPSA) is 55.6 Å². The average Bonchev–Trinajstić information content (AvgIpc) is 2.78. The van der Waals surface area contributed by atoms with E-state index in [-0.39, 0.29) is 35.0 Å². The maximum absolute atomic E-state index is 12.5. The molecule has 1 saturated heterocycles. The zero-order valence-corrected chi connectivity index (χ0v) is 14.2. The van der Waals surface area contributed by atoms with E-state index in [0.717, 1.165) is 17.7 Å². The molecule has 2 N–H and O–H groups in total. The molecule has 4 nitrogen and oxygen atoms in total. The van der Waals surface area contributed by atoms with E-state index in [0.29, 0.717) is 19.0 Å². The van der Waals surface area contributed by atoms with E-state index in [2.05, 4.69) is 4.74 Å². The minimum Gasteiger partial charge on any atom is -0.433 e. The van der Waals surface area contributed by atoms with E-state index in [9.17, 15) is 13.6 Å². The number of ether oxygens (including phenoxy) is 1. The summed E-state index contributed by atoms with van der Waals surface area (Å²) in [5.74, 6) is 0.162. The van der Waals surface area contributed by atoms with Gasteiger partial charge < -0.3 is 15.4 Å². The summed E-state index contributed by atoms with van der Waals surface area (Å²) in [5.41, 5.74) is 5.88. The zero-order chi connectivity index (χ0) is 15.6. The van der Waals surface area contributed by atoms with Crippen LogP contribution in [-0.4, -0.2) is 36.5 Å². The molecule has 1 aromatic rings. The van der Waals surface area contributed by atoms with E-state index in [1.54, 1.807) is 11.8 Å². The summed E-state index contributed by atoms with van der Waals surface area (Å²) in [5, 5.41) is 0.